The average Bonchev–Trinajstić information content (AvgIpc) is 3.43. The van der Waals surface area contributed by atoms with Crippen molar-refractivity contribution in [3.05, 3.63) is 59.8 Å². The minimum Gasteiger partial charge on any atom is -0.493 e. The number of hydrogen-bond acceptors (Lipinski definition) is 6. The van der Waals surface area contributed by atoms with Gasteiger partial charge in [-0.15, -0.1) is 0 Å². The molecule has 8 heteroatoms. The van der Waals surface area contributed by atoms with Gasteiger partial charge in [0, 0.05) is 22.9 Å². The van der Waals surface area contributed by atoms with Gasteiger partial charge in [0.1, 0.15) is 0 Å². The van der Waals surface area contributed by atoms with Crippen molar-refractivity contribution in [1.29, 1.82) is 0 Å². The molecule has 1 heterocycles. The van der Waals surface area contributed by atoms with Crippen LogP contribution in [0.15, 0.2) is 53.1 Å². The van der Waals surface area contributed by atoms with Crippen LogP contribution in [0.2, 0.25) is 0 Å². The van der Waals surface area contributed by atoms with E-state index in [1.165, 1.54) is 0 Å². The van der Waals surface area contributed by atoms with E-state index in [0.29, 0.717) is 47.0 Å². The molecule has 0 spiro atoms. The highest BCUT2D eigenvalue weighted by atomic mass is 16.5. The van der Waals surface area contributed by atoms with Gasteiger partial charge >= 0.3 is 0 Å². The van der Waals surface area contributed by atoms with Crippen molar-refractivity contribution in [3.63, 3.8) is 0 Å². The van der Waals surface area contributed by atoms with E-state index in [1.807, 2.05) is 6.07 Å². The molecule has 2 amide bonds. The van der Waals surface area contributed by atoms with E-state index < -0.39 is 11.3 Å². The minimum atomic E-state index is -0.722. The summed E-state index contributed by atoms with van der Waals surface area (Å²) in [5, 5.41) is 7.04. The van der Waals surface area contributed by atoms with Gasteiger partial charge in [0.2, 0.25) is 11.8 Å². The van der Waals surface area contributed by atoms with Crippen LogP contribution in [-0.4, -0.2) is 31.2 Å². The zero-order valence-corrected chi connectivity index (χ0v) is 16.6. The number of carbonyl (C=O) groups is 2. The zero-order valence-electron chi connectivity index (χ0n) is 16.6. The van der Waals surface area contributed by atoms with E-state index in [-0.39, 0.29) is 5.91 Å². The lowest BCUT2D eigenvalue weighted by atomic mass is 10.00. The van der Waals surface area contributed by atoms with E-state index >= 15 is 0 Å². The Morgan fingerprint density at radius 2 is 1.73 bits per heavy atom. The van der Waals surface area contributed by atoms with Gasteiger partial charge in [-0.05, 0) is 55.3 Å². The fraction of sp³-hybridized carbons (Fsp3) is 0.227. The average molecular weight is 407 g/mol. The number of rotatable bonds is 7. The van der Waals surface area contributed by atoms with Gasteiger partial charge in [0.05, 0.1) is 25.3 Å². The molecule has 3 aromatic rings. The second-order valence-electron chi connectivity index (χ2n) is 7.12. The van der Waals surface area contributed by atoms with Crippen LogP contribution in [0.5, 0.6) is 11.5 Å². The Kier molecular flexibility index (Phi) is 4.91. The molecule has 2 aromatic carbocycles. The molecule has 0 bridgehead atoms. The number of hydrogen-bond donors (Lipinski definition) is 2. The van der Waals surface area contributed by atoms with E-state index in [9.17, 15) is 9.59 Å². The fourth-order valence-corrected chi connectivity index (χ4v) is 3.32. The fourth-order valence-electron chi connectivity index (χ4n) is 3.32. The van der Waals surface area contributed by atoms with E-state index in [4.69, 9.17) is 19.7 Å². The molecule has 1 saturated carbocycles. The maximum Gasteiger partial charge on any atom is 0.248 e. The normalized spacial score (nSPS) is 14.1. The highest BCUT2D eigenvalue weighted by Gasteiger charge is 2.53. The van der Waals surface area contributed by atoms with Crippen LogP contribution in [0, 0.1) is 0 Å². The highest BCUT2D eigenvalue weighted by Crippen LogP contribution is 2.49. The molecule has 1 fully saturated rings. The molecule has 0 saturated heterocycles. The first-order valence-electron chi connectivity index (χ1n) is 9.38. The standard InChI is InChI=1S/C22H21N3O5/c1-28-16-8-5-14(11-18(16)29-2)17-12-19(25-30-17)22(9-10-22)21(27)24-15-6-3-13(4-7-15)20(23)26/h3-8,11-12H,9-10H2,1-2H3,(H2,23,26)(H,24,27). The summed E-state index contributed by atoms with van der Waals surface area (Å²) in [5.41, 5.74) is 6.84. The predicted octanol–water partition coefficient (Wildman–Crippen LogP) is 3.13. The lowest BCUT2D eigenvalue weighted by Gasteiger charge is -2.12. The smallest absolute Gasteiger partial charge is 0.248 e. The molecular weight excluding hydrogens is 386 g/mol. The summed E-state index contributed by atoms with van der Waals surface area (Å²) >= 11 is 0. The Morgan fingerprint density at radius 3 is 2.33 bits per heavy atom. The highest BCUT2D eigenvalue weighted by molar-refractivity contribution is 6.01. The third-order valence-electron chi connectivity index (χ3n) is 5.28. The summed E-state index contributed by atoms with van der Waals surface area (Å²) in [4.78, 5) is 24.1. The molecular formula is C22H21N3O5. The second-order valence-corrected chi connectivity index (χ2v) is 7.12. The molecule has 154 valence electrons. The maximum atomic E-state index is 12.9. The molecule has 1 aliphatic rings. The van der Waals surface area contributed by atoms with Crippen molar-refractivity contribution in [2.45, 2.75) is 18.3 Å². The molecule has 30 heavy (non-hydrogen) atoms. The predicted molar refractivity (Wildman–Crippen MR) is 110 cm³/mol. The Morgan fingerprint density at radius 1 is 1.03 bits per heavy atom. The van der Waals surface area contributed by atoms with Crippen LogP contribution >= 0.6 is 0 Å². The Hall–Kier alpha value is -3.81. The lowest BCUT2D eigenvalue weighted by molar-refractivity contribution is -0.118. The summed E-state index contributed by atoms with van der Waals surface area (Å²) in [7, 11) is 3.13. The molecule has 3 N–H and O–H groups in total. The van der Waals surface area contributed by atoms with Gasteiger partial charge in [-0.25, -0.2) is 0 Å². The first kappa shape index (κ1) is 19.5. The Bertz CT molecular complexity index is 1100. The van der Waals surface area contributed by atoms with Crippen molar-refractivity contribution in [2.24, 2.45) is 5.73 Å². The number of nitrogens with one attached hydrogen (secondary N) is 1. The van der Waals surface area contributed by atoms with Gasteiger partial charge in [0.25, 0.3) is 0 Å². The van der Waals surface area contributed by atoms with Crippen LogP contribution in [-0.2, 0) is 10.2 Å². The molecule has 4 rings (SSSR count). The summed E-state index contributed by atoms with van der Waals surface area (Å²) < 4.78 is 16.1. The van der Waals surface area contributed by atoms with E-state index in [2.05, 4.69) is 10.5 Å². The van der Waals surface area contributed by atoms with Crippen molar-refractivity contribution in [2.75, 3.05) is 19.5 Å². The topological polar surface area (TPSA) is 117 Å². The second kappa shape index (κ2) is 7.55. The third kappa shape index (κ3) is 3.47. The quantitative estimate of drug-likeness (QED) is 0.621. The summed E-state index contributed by atoms with van der Waals surface area (Å²) in [6.45, 7) is 0. The van der Waals surface area contributed by atoms with Crippen molar-refractivity contribution in [3.8, 4) is 22.8 Å². The van der Waals surface area contributed by atoms with Crippen molar-refractivity contribution < 1.29 is 23.6 Å². The molecule has 8 nitrogen and oxygen atoms in total. The maximum absolute atomic E-state index is 12.9. The number of anilines is 1. The van der Waals surface area contributed by atoms with Crippen molar-refractivity contribution in [1.82, 2.24) is 5.16 Å². The van der Waals surface area contributed by atoms with Gasteiger partial charge < -0.3 is 25.0 Å². The lowest BCUT2D eigenvalue weighted by Crippen LogP contribution is -2.28. The number of nitrogens with zero attached hydrogens (tertiary/aromatic N) is 1. The number of aromatic nitrogens is 1. The minimum absolute atomic E-state index is 0.165. The number of ether oxygens (including phenoxy) is 2. The molecule has 1 aromatic heterocycles. The van der Waals surface area contributed by atoms with Crippen LogP contribution in [0.4, 0.5) is 5.69 Å². The number of nitrogens with two attached hydrogens (primary N) is 1. The summed E-state index contributed by atoms with van der Waals surface area (Å²) in [6, 6.07) is 13.6. The van der Waals surface area contributed by atoms with E-state index in [1.54, 1.807) is 56.7 Å². The number of methoxy groups -OCH3 is 2. The first-order chi connectivity index (χ1) is 14.5. The first-order valence-corrected chi connectivity index (χ1v) is 9.38. The largest absolute Gasteiger partial charge is 0.493 e. The van der Waals surface area contributed by atoms with Crippen LogP contribution in [0.25, 0.3) is 11.3 Å². The Balaban J connectivity index is 1.54. The third-order valence-corrected chi connectivity index (χ3v) is 5.28. The zero-order chi connectivity index (χ0) is 21.3. The number of carbonyl (C=O) groups excluding carboxylic acids is 2. The van der Waals surface area contributed by atoms with E-state index in [0.717, 1.165) is 5.56 Å². The van der Waals surface area contributed by atoms with Gasteiger partial charge in [0.15, 0.2) is 17.3 Å². The Labute approximate surface area is 172 Å². The van der Waals surface area contributed by atoms with Crippen molar-refractivity contribution >= 4 is 17.5 Å². The summed E-state index contributed by atoms with van der Waals surface area (Å²) in [6.07, 6.45) is 1.35. The molecule has 0 unspecified atom stereocenters. The molecule has 0 aliphatic heterocycles. The van der Waals surface area contributed by atoms with Gasteiger partial charge in [-0.3, -0.25) is 9.59 Å². The number of amides is 2. The molecule has 0 radical (unpaired) electrons. The number of benzene rings is 2. The van der Waals surface area contributed by atoms with Crippen LogP contribution in [0.3, 0.4) is 0 Å². The van der Waals surface area contributed by atoms with Crippen LogP contribution in [0.1, 0.15) is 28.9 Å². The SMILES string of the molecule is COc1ccc(-c2cc(C3(C(=O)Nc4ccc(C(N)=O)cc4)CC3)no2)cc1OC. The number of primary amides is 1. The van der Waals surface area contributed by atoms with Gasteiger partial charge in [-0.1, -0.05) is 5.16 Å². The summed E-state index contributed by atoms with van der Waals surface area (Å²) in [5.74, 6) is 1.04. The monoisotopic (exact) mass is 407 g/mol. The van der Waals surface area contributed by atoms with Crippen LogP contribution < -0.4 is 20.5 Å². The van der Waals surface area contributed by atoms with Gasteiger partial charge in [-0.2, -0.15) is 0 Å². The molecule has 1 aliphatic carbocycles. The molecule has 0 atom stereocenters.